The molecule has 0 radical (unpaired) electrons. The highest BCUT2D eigenvalue weighted by Crippen LogP contribution is 2.48. The van der Waals surface area contributed by atoms with Crippen molar-refractivity contribution in [2.45, 2.75) is 31.7 Å². The molecule has 1 aromatic rings. The lowest BCUT2D eigenvalue weighted by atomic mass is 9.99. The molecule has 3 rings (SSSR count). The summed E-state index contributed by atoms with van der Waals surface area (Å²) >= 11 is 0. The zero-order valence-electron chi connectivity index (χ0n) is 12.0. The monoisotopic (exact) mass is 289 g/mol. The van der Waals surface area contributed by atoms with Gasteiger partial charge >= 0.3 is 0 Å². The lowest BCUT2D eigenvalue weighted by Gasteiger charge is -2.25. The van der Waals surface area contributed by atoms with Crippen LogP contribution in [-0.4, -0.2) is 36.6 Å². The van der Waals surface area contributed by atoms with Crippen LogP contribution in [0.25, 0.3) is 0 Å². The molecule has 1 atom stereocenters. The summed E-state index contributed by atoms with van der Waals surface area (Å²) in [6.45, 7) is 0.601. The molecule has 1 aliphatic heterocycles. The Labute approximate surface area is 123 Å². The molecular weight excluding hydrogens is 270 g/mol. The van der Waals surface area contributed by atoms with Gasteiger partial charge in [0.25, 0.3) is 0 Å². The first-order chi connectivity index (χ1) is 10.1. The van der Waals surface area contributed by atoms with E-state index in [2.05, 4.69) is 15.6 Å². The number of aromatic nitrogens is 1. The fraction of sp³-hybridized carbons (Fsp3) is 0.533. The minimum absolute atomic E-state index is 0.0105. The van der Waals surface area contributed by atoms with Gasteiger partial charge in [0.05, 0.1) is 6.61 Å². The standard InChI is InChI=1S/C15H19N3O3/c1-21-9-15(3-4-15)7-13(19)17-12-6-10-8-16-5-2-11(10)18-14(12)20/h2,5,8,12H,3-4,6-7,9H2,1H3,(H,17,19)(H,18,20). The summed E-state index contributed by atoms with van der Waals surface area (Å²) < 4.78 is 5.16. The van der Waals surface area contributed by atoms with E-state index in [-0.39, 0.29) is 17.2 Å². The van der Waals surface area contributed by atoms with E-state index in [0.29, 0.717) is 19.4 Å². The molecule has 2 amide bonds. The minimum Gasteiger partial charge on any atom is -0.384 e. The molecule has 0 spiro atoms. The van der Waals surface area contributed by atoms with Crippen LogP contribution < -0.4 is 10.6 Å². The summed E-state index contributed by atoms with van der Waals surface area (Å²) in [5.74, 6) is -0.254. The molecule has 1 unspecified atom stereocenters. The molecule has 6 nitrogen and oxygen atoms in total. The molecule has 0 bridgehead atoms. The van der Waals surface area contributed by atoms with Crippen molar-refractivity contribution in [1.82, 2.24) is 10.3 Å². The average Bonchev–Trinajstić information content (AvgIpc) is 3.19. The first kappa shape index (κ1) is 14.0. The Balaban J connectivity index is 1.61. The smallest absolute Gasteiger partial charge is 0.247 e. The maximum atomic E-state index is 12.1. The maximum absolute atomic E-state index is 12.1. The predicted octanol–water partition coefficient (Wildman–Crippen LogP) is 0.878. The average molecular weight is 289 g/mol. The van der Waals surface area contributed by atoms with Crippen LogP contribution in [0.5, 0.6) is 0 Å². The van der Waals surface area contributed by atoms with Gasteiger partial charge < -0.3 is 15.4 Å². The van der Waals surface area contributed by atoms with Gasteiger partial charge in [0, 0.05) is 43.4 Å². The highest BCUT2D eigenvalue weighted by Gasteiger charge is 2.44. The number of ether oxygens (including phenoxy) is 1. The third-order valence-electron chi connectivity index (χ3n) is 4.18. The highest BCUT2D eigenvalue weighted by atomic mass is 16.5. The summed E-state index contributed by atoms with van der Waals surface area (Å²) in [6, 6.07) is 1.25. The molecule has 1 fully saturated rings. The van der Waals surface area contributed by atoms with Gasteiger partial charge in [-0.25, -0.2) is 0 Å². The second-order valence-corrected chi connectivity index (χ2v) is 5.96. The van der Waals surface area contributed by atoms with E-state index in [1.54, 1.807) is 25.6 Å². The van der Waals surface area contributed by atoms with Crippen LogP contribution in [-0.2, 0) is 20.7 Å². The largest absolute Gasteiger partial charge is 0.384 e. The Hall–Kier alpha value is -1.95. The summed E-state index contributed by atoms with van der Waals surface area (Å²) in [7, 11) is 1.65. The van der Waals surface area contributed by atoms with Crippen molar-refractivity contribution in [3.63, 3.8) is 0 Å². The molecule has 21 heavy (non-hydrogen) atoms. The predicted molar refractivity (Wildman–Crippen MR) is 76.7 cm³/mol. The van der Waals surface area contributed by atoms with Crippen LogP contribution in [0, 0.1) is 5.41 Å². The number of nitrogens with zero attached hydrogens (tertiary/aromatic N) is 1. The van der Waals surface area contributed by atoms with Crippen molar-refractivity contribution in [2.24, 2.45) is 5.41 Å². The zero-order chi connectivity index (χ0) is 14.9. The number of anilines is 1. The fourth-order valence-corrected chi connectivity index (χ4v) is 2.80. The summed E-state index contributed by atoms with van der Waals surface area (Å²) in [4.78, 5) is 28.2. The summed E-state index contributed by atoms with van der Waals surface area (Å²) in [6.07, 6.45) is 6.29. The van der Waals surface area contributed by atoms with E-state index >= 15 is 0 Å². The van der Waals surface area contributed by atoms with Gasteiger partial charge in [-0.05, 0) is 24.5 Å². The molecule has 1 aromatic heterocycles. The Morgan fingerprint density at radius 2 is 2.38 bits per heavy atom. The molecule has 1 saturated carbocycles. The van der Waals surface area contributed by atoms with Crippen LogP contribution in [0.1, 0.15) is 24.8 Å². The number of amides is 2. The number of methoxy groups -OCH3 is 1. The molecule has 2 N–H and O–H groups in total. The number of hydrogen-bond acceptors (Lipinski definition) is 4. The van der Waals surface area contributed by atoms with Crippen molar-refractivity contribution in [3.8, 4) is 0 Å². The van der Waals surface area contributed by atoms with Crippen LogP contribution in [0.4, 0.5) is 5.69 Å². The number of carbonyl (C=O) groups is 2. The highest BCUT2D eigenvalue weighted by molar-refractivity contribution is 6.00. The number of nitrogens with one attached hydrogen (secondary N) is 2. The van der Waals surface area contributed by atoms with Gasteiger partial charge in [0.15, 0.2) is 0 Å². The van der Waals surface area contributed by atoms with Crippen molar-refractivity contribution in [1.29, 1.82) is 0 Å². The van der Waals surface area contributed by atoms with Crippen LogP contribution in [0.3, 0.4) is 0 Å². The molecule has 1 aliphatic carbocycles. The molecule has 112 valence electrons. The molecular formula is C15H19N3O3. The number of rotatable bonds is 5. The van der Waals surface area contributed by atoms with Crippen LogP contribution in [0.15, 0.2) is 18.5 Å². The molecule has 0 saturated heterocycles. The topological polar surface area (TPSA) is 80.3 Å². The van der Waals surface area contributed by atoms with E-state index in [1.807, 2.05) is 0 Å². The minimum atomic E-state index is -0.521. The SMILES string of the molecule is COCC1(CC(=O)NC2Cc3cnccc3NC2=O)CC1. The van der Waals surface area contributed by atoms with Crippen molar-refractivity contribution in [3.05, 3.63) is 24.0 Å². The summed E-state index contributed by atoms with van der Waals surface area (Å²) in [5.41, 5.74) is 1.71. The zero-order valence-corrected chi connectivity index (χ0v) is 12.0. The third-order valence-corrected chi connectivity index (χ3v) is 4.18. The van der Waals surface area contributed by atoms with Gasteiger partial charge in [0.1, 0.15) is 6.04 Å². The first-order valence-corrected chi connectivity index (χ1v) is 7.14. The summed E-state index contributed by atoms with van der Waals surface area (Å²) in [5, 5.41) is 5.63. The van der Waals surface area contributed by atoms with E-state index in [9.17, 15) is 9.59 Å². The molecule has 2 heterocycles. The molecule has 0 aromatic carbocycles. The van der Waals surface area contributed by atoms with Crippen molar-refractivity contribution in [2.75, 3.05) is 19.0 Å². The van der Waals surface area contributed by atoms with Gasteiger partial charge in [-0.15, -0.1) is 0 Å². The number of pyridine rings is 1. The number of carbonyl (C=O) groups excluding carboxylic acids is 2. The van der Waals surface area contributed by atoms with E-state index in [4.69, 9.17) is 4.74 Å². The maximum Gasteiger partial charge on any atom is 0.247 e. The Bertz CT molecular complexity index is 569. The molecule has 6 heteroatoms. The Morgan fingerprint density at radius 3 is 3.10 bits per heavy atom. The lowest BCUT2D eigenvalue weighted by Crippen LogP contribution is -2.48. The van der Waals surface area contributed by atoms with E-state index < -0.39 is 6.04 Å². The van der Waals surface area contributed by atoms with Gasteiger partial charge in [-0.1, -0.05) is 0 Å². The first-order valence-electron chi connectivity index (χ1n) is 7.14. The second kappa shape index (κ2) is 5.44. The third kappa shape index (κ3) is 3.05. The van der Waals surface area contributed by atoms with Crippen molar-refractivity contribution < 1.29 is 14.3 Å². The van der Waals surface area contributed by atoms with Gasteiger partial charge in [-0.2, -0.15) is 0 Å². The van der Waals surface area contributed by atoms with E-state index in [1.165, 1.54) is 0 Å². The van der Waals surface area contributed by atoms with Crippen LogP contribution >= 0.6 is 0 Å². The Morgan fingerprint density at radius 1 is 1.57 bits per heavy atom. The number of fused-ring (bicyclic) bond motifs is 1. The normalized spacial score (nSPS) is 22.1. The van der Waals surface area contributed by atoms with E-state index in [0.717, 1.165) is 24.1 Å². The number of hydrogen-bond donors (Lipinski definition) is 2. The van der Waals surface area contributed by atoms with Gasteiger partial charge in [-0.3, -0.25) is 14.6 Å². The fourth-order valence-electron chi connectivity index (χ4n) is 2.80. The molecule has 2 aliphatic rings. The van der Waals surface area contributed by atoms with Crippen molar-refractivity contribution >= 4 is 17.5 Å². The second-order valence-electron chi connectivity index (χ2n) is 5.96. The van der Waals surface area contributed by atoms with Crippen LogP contribution in [0.2, 0.25) is 0 Å². The Kier molecular flexibility index (Phi) is 3.63. The quantitative estimate of drug-likeness (QED) is 0.843. The lowest BCUT2D eigenvalue weighted by molar-refractivity contribution is -0.127. The van der Waals surface area contributed by atoms with Gasteiger partial charge in [0.2, 0.25) is 11.8 Å².